The van der Waals surface area contributed by atoms with Crippen LogP contribution in [0.3, 0.4) is 0 Å². The second-order valence-electron chi connectivity index (χ2n) is 8.76. The molecule has 2 aliphatic heterocycles. The Kier molecular flexibility index (Phi) is 7.56. The molecule has 1 unspecified atom stereocenters. The highest BCUT2D eigenvalue weighted by Crippen LogP contribution is 2.34. The Morgan fingerprint density at radius 3 is 2.41 bits per heavy atom. The molecule has 0 spiro atoms. The maximum atomic E-state index is 13.4. The number of rotatable bonds is 9. The van der Waals surface area contributed by atoms with E-state index in [1.807, 2.05) is 72.8 Å². The average molecular weight is 511 g/mol. The Hall–Kier alpha value is -4.04. The predicted octanol–water partition coefficient (Wildman–Crippen LogP) is 4.40. The Labute approximate surface area is 219 Å². The molecule has 0 saturated heterocycles. The lowest BCUT2D eigenvalue weighted by Gasteiger charge is -2.25. The van der Waals surface area contributed by atoms with E-state index >= 15 is 0 Å². The monoisotopic (exact) mass is 510 g/mol. The highest BCUT2D eigenvalue weighted by atomic mass is 32.2. The minimum Gasteiger partial charge on any atom is -0.356 e. The molecule has 2 amide bonds. The number of ketones is 1. The van der Waals surface area contributed by atoms with Gasteiger partial charge in [-0.1, -0.05) is 84.6 Å². The summed E-state index contributed by atoms with van der Waals surface area (Å²) in [7, 11) is 0. The standard InChI is InChI=1S/C29H26N4O3S/c34-25(21-11-5-2-6-12-21)19-37-29-32-23-14-8-7-13-22(23)27-31-24(28(36)33(27)29)15-16-26(35)30-18-17-20-9-3-1-4-10-20/h1-14,24H,15-19H2,(H,30,35). The van der Waals surface area contributed by atoms with Crippen molar-refractivity contribution in [1.29, 1.82) is 0 Å². The zero-order valence-corrected chi connectivity index (χ0v) is 21.0. The molecule has 0 fully saturated rings. The van der Waals surface area contributed by atoms with E-state index in [1.54, 1.807) is 12.1 Å². The summed E-state index contributed by atoms with van der Waals surface area (Å²) in [6, 6.07) is 25.9. The first kappa shape index (κ1) is 24.6. The van der Waals surface area contributed by atoms with Gasteiger partial charge >= 0.3 is 0 Å². The Balaban J connectivity index is 1.23. The van der Waals surface area contributed by atoms with E-state index in [0.717, 1.165) is 17.5 Å². The summed E-state index contributed by atoms with van der Waals surface area (Å²) >= 11 is 1.22. The van der Waals surface area contributed by atoms with Gasteiger partial charge in [-0.2, -0.15) is 0 Å². The van der Waals surface area contributed by atoms with E-state index in [1.165, 1.54) is 16.7 Å². The molecule has 5 rings (SSSR count). The molecular weight excluding hydrogens is 484 g/mol. The molecule has 1 atom stereocenters. The number of nitrogens with one attached hydrogen (secondary N) is 1. The maximum Gasteiger partial charge on any atom is 0.259 e. The summed E-state index contributed by atoms with van der Waals surface area (Å²) in [6.07, 6.45) is 1.25. The number of carbonyl (C=O) groups excluding carboxylic acids is 3. The fourth-order valence-electron chi connectivity index (χ4n) is 4.27. The number of thioether (sulfide) groups is 1. The van der Waals surface area contributed by atoms with Gasteiger partial charge in [0.1, 0.15) is 11.9 Å². The Morgan fingerprint density at radius 1 is 0.919 bits per heavy atom. The van der Waals surface area contributed by atoms with Gasteiger partial charge in [-0.05, 0) is 30.5 Å². The molecule has 8 heteroatoms. The van der Waals surface area contributed by atoms with Gasteiger partial charge in [0.2, 0.25) is 5.91 Å². The fraction of sp³-hybridized carbons (Fsp3) is 0.207. The molecule has 0 radical (unpaired) electrons. The lowest BCUT2D eigenvalue weighted by Crippen LogP contribution is -2.41. The van der Waals surface area contributed by atoms with Gasteiger partial charge in [-0.25, -0.2) is 9.89 Å². The number of amides is 2. The molecule has 0 aliphatic carbocycles. The minimum absolute atomic E-state index is 0.0407. The quantitative estimate of drug-likeness (QED) is 0.432. The first-order valence-electron chi connectivity index (χ1n) is 12.2. The van der Waals surface area contributed by atoms with E-state index in [0.29, 0.717) is 35.2 Å². The molecule has 0 saturated carbocycles. The van der Waals surface area contributed by atoms with Crippen LogP contribution in [-0.2, 0) is 16.0 Å². The number of benzene rings is 3. The second-order valence-corrected chi connectivity index (χ2v) is 9.70. The van der Waals surface area contributed by atoms with Crippen LogP contribution in [0.2, 0.25) is 0 Å². The minimum atomic E-state index is -0.670. The number of hydrogen-bond donors (Lipinski definition) is 1. The molecule has 186 valence electrons. The van der Waals surface area contributed by atoms with Crippen molar-refractivity contribution >= 4 is 46.1 Å². The SMILES string of the molecule is O=C(CCC1N=C2c3ccccc3N=C(SCC(=O)c3ccccc3)N2C1=O)NCCc1ccccc1. The Morgan fingerprint density at radius 2 is 1.62 bits per heavy atom. The van der Waals surface area contributed by atoms with E-state index in [4.69, 9.17) is 4.99 Å². The van der Waals surface area contributed by atoms with Gasteiger partial charge in [-0.15, -0.1) is 0 Å². The molecule has 7 nitrogen and oxygen atoms in total. The van der Waals surface area contributed by atoms with Crippen LogP contribution in [0.1, 0.15) is 34.3 Å². The molecule has 2 aliphatic rings. The molecule has 0 bridgehead atoms. The first-order valence-corrected chi connectivity index (χ1v) is 13.2. The van der Waals surface area contributed by atoms with Gasteiger partial charge in [0.05, 0.1) is 11.4 Å². The number of amidine groups is 2. The van der Waals surface area contributed by atoms with Crippen molar-refractivity contribution in [2.45, 2.75) is 25.3 Å². The van der Waals surface area contributed by atoms with E-state index in [9.17, 15) is 14.4 Å². The third-order valence-corrected chi connectivity index (χ3v) is 7.14. The predicted molar refractivity (Wildman–Crippen MR) is 146 cm³/mol. The van der Waals surface area contributed by atoms with Crippen molar-refractivity contribution in [3.63, 3.8) is 0 Å². The smallest absolute Gasteiger partial charge is 0.259 e. The van der Waals surface area contributed by atoms with Crippen LogP contribution < -0.4 is 5.32 Å². The van der Waals surface area contributed by atoms with Crippen LogP contribution >= 0.6 is 11.8 Å². The van der Waals surface area contributed by atoms with Gasteiger partial charge in [0, 0.05) is 24.1 Å². The summed E-state index contributed by atoms with van der Waals surface area (Å²) < 4.78 is 0. The van der Waals surface area contributed by atoms with Gasteiger partial charge < -0.3 is 5.32 Å². The highest BCUT2D eigenvalue weighted by Gasteiger charge is 2.41. The Bertz CT molecular complexity index is 1370. The topological polar surface area (TPSA) is 91.2 Å². The van der Waals surface area contributed by atoms with E-state index < -0.39 is 6.04 Å². The first-order chi connectivity index (χ1) is 18.1. The van der Waals surface area contributed by atoms with E-state index in [-0.39, 0.29) is 29.8 Å². The molecule has 3 aromatic rings. The highest BCUT2D eigenvalue weighted by molar-refractivity contribution is 8.14. The summed E-state index contributed by atoms with van der Waals surface area (Å²) in [6.45, 7) is 0.540. The molecule has 37 heavy (non-hydrogen) atoms. The molecule has 3 aromatic carbocycles. The molecule has 0 aromatic heterocycles. The maximum absolute atomic E-state index is 13.4. The average Bonchev–Trinajstić information content (AvgIpc) is 3.28. The summed E-state index contributed by atoms with van der Waals surface area (Å²) in [5.74, 6) is 0.308. The second kappa shape index (κ2) is 11.3. The lowest BCUT2D eigenvalue weighted by atomic mass is 10.1. The number of fused-ring (bicyclic) bond motifs is 3. The number of hydrogen-bond acceptors (Lipinski definition) is 6. The normalized spacial score (nSPS) is 15.9. The van der Waals surface area contributed by atoms with Crippen molar-refractivity contribution in [3.05, 3.63) is 102 Å². The number of aliphatic imine (C=N–C) groups is 2. The third kappa shape index (κ3) is 5.70. The van der Waals surface area contributed by atoms with Gasteiger partial charge in [0.15, 0.2) is 11.0 Å². The molecule has 2 heterocycles. The summed E-state index contributed by atoms with van der Waals surface area (Å²) in [5.41, 5.74) is 3.25. The summed E-state index contributed by atoms with van der Waals surface area (Å²) in [5, 5.41) is 3.36. The van der Waals surface area contributed by atoms with E-state index in [2.05, 4.69) is 10.3 Å². The molecule has 1 N–H and O–H groups in total. The fourth-order valence-corrected chi connectivity index (χ4v) is 5.17. The number of para-hydroxylation sites is 1. The van der Waals surface area contributed by atoms with Crippen molar-refractivity contribution < 1.29 is 14.4 Å². The van der Waals surface area contributed by atoms with Crippen LogP contribution in [-0.4, -0.2) is 51.8 Å². The van der Waals surface area contributed by atoms with Crippen LogP contribution in [0.4, 0.5) is 5.69 Å². The van der Waals surface area contributed by atoms with Crippen LogP contribution in [0.15, 0.2) is 94.9 Å². The van der Waals surface area contributed by atoms with Crippen LogP contribution in [0, 0.1) is 0 Å². The zero-order valence-electron chi connectivity index (χ0n) is 20.2. The van der Waals surface area contributed by atoms with Gasteiger partial charge in [0.25, 0.3) is 5.91 Å². The number of Topliss-reactive ketones (excluding diaryl/α,β-unsaturated/α-hetero) is 1. The van der Waals surface area contributed by atoms with Crippen molar-refractivity contribution in [2.75, 3.05) is 12.3 Å². The van der Waals surface area contributed by atoms with Crippen molar-refractivity contribution in [1.82, 2.24) is 10.2 Å². The van der Waals surface area contributed by atoms with Gasteiger partial charge in [-0.3, -0.25) is 19.4 Å². The lowest BCUT2D eigenvalue weighted by molar-refractivity contribution is -0.125. The zero-order chi connectivity index (χ0) is 25.6. The third-order valence-electron chi connectivity index (χ3n) is 6.20. The van der Waals surface area contributed by atoms with Crippen molar-refractivity contribution in [2.24, 2.45) is 9.98 Å². The van der Waals surface area contributed by atoms with Crippen molar-refractivity contribution in [3.8, 4) is 0 Å². The molecular formula is C29H26N4O3S. The largest absolute Gasteiger partial charge is 0.356 e. The number of carbonyl (C=O) groups is 3. The van der Waals surface area contributed by atoms with Crippen LogP contribution in [0.5, 0.6) is 0 Å². The summed E-state index contributed by atoms with van der Waals surface area (Å²) in [4.78, 5) is 49.4. The number of nitrogens with zero attached hydrogens (tertiary/aromatic N) is 3. The van der Waals surface area contributed by atoms with Crippen LogP contribution in [0.25, 0.3) is 0 Å².